The molecule has 0 amide bonds. The topological polar surface area (TPSA) is 0 Å². The van der Waals surface area contributed by atoms with Crippen LogP contribution in [0.15, 0.2) is 42.5 Å². The van der Waals surface area contributed by atoms with Gasteiger partial charge in [-0.15, -0.1) is 0 Å². The summed E-state index contributed by atoms with van der Waals surface area (Å²) in [5, 5.41) is 0. The maximum atomic E-state index is 14.2. The zero-order valence-corrected chi connectivity index (χ0v) is 11.4. The van der Waals surface area contributed by atoms with E-state index in [0.717, 1.165) is 28.7 Å². The Bertz CT molecular complexity index is 684. The summed E-state index contributed by atoms with van der Waals surface area (Å²) in [5.41, 5.74) is 4.28. The van der Waals surface area contributed by atoms with Gasteiger partial charge in [0.1, 0.15) is 11.6 Å². The second kappa shape index (κ2) is 5.20. The average Bonchev–Trinajstić information content (AvgIpc) is 2.47. The zero-order valence-electron chi connectivity index (χ0n) is 11.4. The molecule has 102 valence electrons. The summed E-state index contributed by atoms with van der Waals surface area (Å²) in [4.78, 5) is 0. The first-order chi connectivity index (χ1) is 9.69. The van der Waals surface area contributed by atoms with Gasteiger partial charge in [0.25, 0.3) is 0 Å². The van der Waals surface area contributed by atoms with Crippen molar-refractivity contribution in [3.63, 3.8) is 0 Å². The van der Waals surface area contributed by atoms with E-state index in [0.29, 0.717) is 18.4 Å². The Morgan fingerprint density at radius 3 is 2.65 bits per heavy atom. The Labute approximate surface area is 117 Å². The van der Waals surface area contributed by atoms with Gasteiger partial charge in [-0.3, -0.25) is 0 Å². The van der Waals surface area contributed by atoms with Crippen LogP contribution in [0, 0.1) is 11.6 Å². The van der Waals surface area contributed by atoms with Crippen molar-refractivity contribution in [1.82, 2.24) is 0 Å². The fourth-order valence-electron chi connectivity index (χ4n) is 2.74. The molecule has 3 rings (SSSR count). The van der Waals surface area contributed by atoms with E-state index in [2.05, 4.69) is 0 Å². The number of fused-ring (bicyclic) bond motifs is 1. The van der Waals surface area contributed by atoms with Crippen molar-refractivity contribution in [2.75, 3.05) is 0 Å². The van der Waals surface area contributed by atoms with Crippen molar-refractivity contribution in [2.24, 2.45) is 0 Å². The molecule has 1 aliphatic carbocycles. The molecule has 0 nitrogen and oxygen atoms in total. The van der Waals surface area contributed by atoms with Crippen LogP contribution in [0.2, 0.25) is 0 Å². The SMILES string of the molecule is CCc1ccc(C2=CCc3c(F)cccc3C2)c(F)c1. The van der Waals surface area contributed by atoms with Crippen LogP contribution in [-0.2, 0) is 19.3 Å². The molecule has 2 aromatic rings. The number of halogens is 2. The molecule has 0 spiro atoms. The molecule has 0 radical (unpaired) electrons. The molecular weight excluding hydrogens is 254 g/mol. The van der Waals surface area contributed by atoms with Gasteiger partial charge in [-0.2, -0.15) is 0 Å². The minimum absolute atomic E-state index is 0.167. The third-order valence-corrected chi connectivity index (χ3v) is 3.94. The van der Waals surface area contributed by atoms with Crippen LogP contribution in [-0.4, -0.2) is 0 Å². The number of hydrogen-bond donors (Lipinski definition) is 0. The van der Waals surface area contributed by atoms with Gasteiger partial charge in [-0.25, -0.2) is 8.78 Å². The lowest BCUT2D eigenvalue weighted by molar-refractivity contribution is 0.610. The number of allylic oxidation sites excluding steroid dienone is 2. The molecule has 0 saturated heterocycles. The summed E-state index contributed by atoms with van der Waals surface area (Å²) in [6, 6.07) is 10.5. The molecule has 0 bridgehead atoms. The monoisotopic (exact) mass is 270 g/mol. The van der Waals surface area contributed by atoms with Gasteiger partial charge >= 0.3 is 0 Å². The molecule has 0 atom stereocenters. The smallest absolute Gasteiger partial charge is 0.130 e. The van der Waals surface area contributed by atoms with Crippen molar-refractivity contribution in [2.45, 2.75) is 26.2 Å². The molecule has 0 aliphatic heterocycles. The minimum atomic E-state index is -0.185. The van der Waals surface area contributed by atoms with Crippen LogP contribution >= 0.6 is 0 Å². The molecule has 20 heavy (non-hydrogen) atoms. The highest BCUT2D eigenvalue weighted by atomic mass is 19.1. The fourth-order valence-corrected chi connectivity index (χ4v) is 2.74. The predicted octanol–water partition coefficient (Wildman–Crippen LogP) is 4.71. The highest BCUT2D eigenvalue weighted by molar-refractivity contribution is 5.71. The van der Waals surface area contributed by atoms with Crippen LogP contribution < -0.4 is 0 Å². The number of rotatable bonds is 2. The maximum absolute atomic E-state index is 14.2. The van der Waals surface area contributed by atoms with Crippen molar-refractivity contribution < 1.29 is 8.78 Å². The van der Waals surface area contributed by atoms with Crippen molar-refractivity contribution in [3.05, 3.63) is 76.4 Å². The Kier molecular flexibility index (Phi) is 3.39. The van der Waals surface area contributed by atoms with E-state index in [1.165, 1.54) is 6.07 Å². The highest BCUT2D eigenvalue weighted by Crippen LogP contribution is 2.30. The van der Waals surface area contributed by atoms with Crippen molar-refractivity contribution in [3.8, 4) is 0 Å². The lowest BCUT2D eigenvalue weighted by Crippen LogP contribution is -2.06. The molecule has 0 unspecified atom stereocenters. The number of benzene rings is 2. The summed E-state index contributed by atoms with van der Waals surface area (Å²) >= 11 is 0. The molecule has 0 N–H and O–H groups in total. The van der Waals surface area contributed by atoms with Crippen LogP contribution in [0.3, 0.4) is 0 Å². The van der Waals surface area contributed by atoms with E-state index in [1.807, 2.05) is 31.2 Å². The summed E-state index contributed by atoms with van der Waals surface area (Å²) in [5.74, 6) is -0.352. The maximum Gasteiger partial charge on any atom is 0.130 e. The average molecular weight is 270 g/mol. The first-order valence-corrected chi connectivity index (χ1v) is 6.93. The largest absolute Gasteiger partial charge is 0.207 e. The molecule has 0 heterocycles. The second-order valence-corrected chi connectivity index (χ2v) is 5.16. The molecule has 1 aliphatic rings. The van der Waals surface area contributed by atoms with Gasteiger partial charge in [0, 0.05) is 5.56 Å². The van der Waals surface area contributed by atoms with E-state index in [9.17, 15) is 8.78 Å². The van der Waals surface area contributed by atoms with Gasteiger partial charge in [0.15, 0.2) is 0 Å². The molecule has 2 aromatic carbocycles. The molecular formula is C18H16F2. The normalized spacial score (nSPS) is 13.8. The predicted molar refractivity (Wildman–Crippen MR) is 77.6 cm³/mol. The molecule has 0 fully saturated rings. The lowest BCUT2D eigenvalue weighted by atomic mass is 9.87. The van der Waals surface area contributed by atoms with Gasteiger partial charge in [-0.1, -0.05) is 37.3 Å². The minimum Gasteiger partial charge on any atom is -0.207 e. The standard InChI is InChI=1S/C18H16F2/c1-2-12-6-8-16(18(20)10-12)14-7-9-15-13(11-14)4-3-5-17(15)19/h3-8,10H,2,9,11H2,1H3. The summed E-state index contributed by atoms with van der Waals surface area (Å²) in [7, 11) is 0. The van der Waals surface area contributed by atoms with E-state index in [-0.39, 0.29) is 11.6 Å². The van der Waals surface area contributed by atoms with E-state index in [1.54, 1.807) is 12.1 Å². The molecule has 0 saturated carbocycles. The van der Waals surface area contributed by atoms with Crippen LogP contribution in [0.1, 0.15) is 29.2 Å². The third-order valence-electron chi connectivity index (χ3n) is 3.94. The summed E-state index contributed by atoms with van der Waals surface area (Å²) in [6.45, 7) is 2.01. The second-order valence-electron chi connectivity index (χ2n) is 5.16. The molecule has 0 aromatic heterocycles. The van der Waals surface area contributed by atoms with Gasteiger partial charge < -0.3 is 0 Å². The first-order valence-electron chi connectivity index (χ1n) is 6.93. The third kappa shape index (κ3) is 2.26. The van der Waals surface area contributed by atoms with Gasteiger partial charge in [0.05, 0.1) is 0 Å². The Balaban J connectivity index is 1.96. The summed E-state index contributed by atoms with van der Waals surface area (Å²) in [6.07, 6.45) is 3.89. The zero-order chi connectivity index (χ0) is 14.1. The van der Waals surface area contributed by atoms with Crippen LogP contribution in [0.5, 0.6) is 0 Å². The van der Waals surface area contributed by atoms with E-state index < -0.39 is 0 Å². The quantitative estimate of drug-likeness (QED) is 0.741. The Morgan fingerprint density at radius 2 is 1.90 bits per heavy atom. The van der Waals surface area contributed by atoms with Crippen LogP contribution in [0.4, 0.5) is 8.78 Å². The Hall–Kier alpha value is -1.96. The van der Waals surface area contributed by atoms with Crippen molar-refractivity contribution >= 4 is 5.57 Å². The Morgan fingerprint density at radius 1 is 1.05 bits per heavy atom. The first kappa shape index (κ1) is 13.0. The fraction of sp³-hybridized carbons (Fsp3) is 0.222. The summed E-state index contributed by atoms with van der Waals surface area (Å²) < 4.78 is 27.8. The van der Waals surface area contributed by atoms with E-state index in [4.69, 9.17) is 0 Å². The highest BCUT2D eigenvalue weighted by Gasteiger charge is 2.17. The van der Waals surface area contributed by atoms with Crippen molar-refractivity contribution in [1.29, 1.82) is 0 Å². The van der Waals surface area contributed by atoms with Crippen LogP contribution in [0.25, 0.3) is 5.57 Å². The number of hydrogen-bond acceptors (Lipinski definition) is 0. The van der Waals surface area contributed by atoms with E-state index >= 15 is 0 Å². The molecule has 2 heteroatoms. The number of aryl methyl sites for hydroxylation is 1. The lowest BCUT2D eigenvalue weighted by Gasteiger charge is -2.18. The van der Waals surface area contributed by atoms with Gasteiger partial charge in [0.2, 0.25) is 0 Å². The van der Waals surface area contributed by atoms with Gasteiger partial charge in [-0.05, 0) is 53.7 Å².